The maximum Gasteiger partial charge on any atom is 0.354 e. The van der Waals surface area contributed by atoms with E-state index in [-0.39, 0.29) is 28.8 Å². The van der Waals surface area contributed by atoms with Crippen molar-refractivity contribution in [2.45, 2.75) is 11.4 Å². The first-order chi connectivity index (χ1) is 11.6. The quantitative estimate of drug-likeness (QED) is 0.495. The number of hydrogen-bond acceptors (Lipinski definition) is 5. The van der Waals surface area contributed by atoms with Crippen LogP contribution in [0.4, 0.5) is 0 Å². The summed E-state index contributed by atoms with van der Waals surface area (Å²) >= 11 is 7.34. The lowest BCUT2D eigenvalue weighted by atomic mass is 10.0. The maximum atomic E-state index is 12.5. The molecule has 0 unspecified atom stereocenters. The summed E-state index contributed by atoms with van der Waals surface area (Å²) in [4.78, 5) is 38.1. The van der Waals surface area contributed by atoms with Crippen molar-refractivity contribution in [2.24, 2.45) is 0 Å². The van der Waals surface area contributed by atoms with Crippen LogP contribution < -0.4 is 5.32 Å². The average Bonchev–Trinajstić information content (AvgIpc) is 2.64. The van der Waals surface area contributed by atoms with Gasteiger partial charge in [0.2, 0.25) is 0 Å². The topological polar surface area (TPSA) is 75.7 Å². The summed E-state index contributed by atoms with van der Waals surface area (Å²) in [5.74, 6) is -0.577. The summed E-state index contributed by atoms with van der Waals surface area (Å²) in [6.45, 7) is 0. The monoisotopic (exact) mass is 366 g/mol. The van der Waals surface area contributed by atoms with Gasteiger partial charge in [-0.3, -0.25) is 14.5 Å². The van der Waals surface area contributed by atoms with E-state index in [1.165, 1.54) is 23.8 Å². The minimum Gasteiger partial charge on any atom is -0.464 e. The SMILES string of the molecule is COC(=O)C1=C(CCl)CS[C@H]2[C@@H](NC(=O)c3ccccc3)C(=O)N12. The molecule has 0 bridgehead atoms. The largest absolute Gasteiger partial charge is 0.464 e. The van der Waals surface area contributed by atoms with E-state index in [1.54, 1.807) is 24.3 Å². The van der Waals surface area contributed by atoms with Crippen LogP contribution in [0.3, 0.4) is 0 Å². The Balaban J connectivity index is 1.78. The van der Waals surface area contributed by atoms with E-state index < -0.39 is 12.0 Å². The Morgan fingerprint density at radius 3 is 2.71 bits per heavy atom. The number of methoxy groups -OCH3 is 1. The summed E-state index contributed by atoms with van der Waals surface area (Å²) in [5.41, 5.74) is 1.34. The summed E-state index contributed by atoms with van der Waals surface area (Å²) in [6.07, 6.45) is 0. The highest BCUT2D eigenvalue weighted by Gasteiger charge is 2.54. The molecule has 1 aromatic rings. The fraction of sp³-hybridized carbons (Fsp3) is 0.312. The van der Waals surface area contributed by atoms with E-state index in [9.17, 15) is 14.4 Å². The Bertz CT molecular complexity index is 722. The number of rotatable bonds is 4. The number of β-lactam (4-membered cyclic amide) rings is 1. The predicted molar refractivity (Wildman–Crippen MR) is 90.6 cm³/mol. The molecule has 0 aliphatic carbocycles. The molecule has 0 aromatic heterocycles. The molecule has 1 N–H and O–H groups in total. The van der Waals surface area contributed by atoms with Crippen molar-refractivity contribution in [3.63, 3.8) is 0 Å². The van der Waals surface area contributed by atoms with Crippen molar-refractivity contribution in [3.05, 3.63) is 47.2 Å². The van der Waals surface area contributed by atoms with Crippen LogP contribution in [0.25, 0.3) is 0 Å². The number of halogens is 1. The van der Waals surface area contributed by atoms with Crippen molar-refractivity contribution in [1.82, 2.24) is 10.2 Å². The first-order valence-corrected chi connectivity index (χ1v) is 8.83. The first kappa shape index (κ1) is 16.9. The van der Waals surface area contributed by atoms with Crippen molar-refractivity contribution in [1.29, 1.82) is 0 Å². The van der Waals surface area contributed by atoms with Gasteiger partial charge in [-0.2, -0.15) is 0 Å². The van der Waals surface area contributed by atoms with Crippen LogP contribution in [0, 0.1) is 0 Å². The van der Waals surface area contributed by atoms with E-state index in [2.05, 4.69) is 5.32 Å². The number of benzene rings is 1. The number of esters is 1. The highest BCUT2D eigenvalue weighted by atomic mass is 35.5. The molecule has 2 amide bonds. The molecule has 8 heteroatoms. The molecule has 1 aromatic carbocycles. The van der Waals surface area contributed by atoms with Crippen LogP contribution in [0.2, 0.25) is 0 Å². The molecule has 3 rings (SSSR count). The van der Waals surface area contributed by atoms with Crippen LogP contribution in [0.15, 0.2) is 41.6 Å². The highest BCUT2D eigenvalue weighted by molar-refractivity contribution is 8.00. The number of fused-ring (bicyclic) bond motifs is 1. The molecule has 0 saturated carbocycles. The number of nitrogens with one attached hydrogen (secondary N) is 1. The van der Waals surface area contributed by atoms with Crippen LogP contribution >= 0.6 is 23.4 Å². The Hall–Kier alpha value is -1.99. The molecular formula is C16H15ClN2O4S. The number of carbonyl (C=O) groups excluding carboxylic acids is 3. The smallest absolute Gasteiger partial charge is 0.354 e. The zero-order valence-corrected chi connectivity index (χ0v) is 14.4. The molecule has 6 nitrogen and oxygen atoms in total. The number of ether oxygens (including phenoxy) is 1. The fourth-order valence-corrected chi connectivity index (χ4v) is 4.36. The molecule has 0 radical (unpaired) electrons. The van der Waals surface area contributed by atoms with Crippen molar-refractivity contribution in [3.8, 4) is 0 Å². The number of amides is 2. The van der Waals surface area contributed by atoms with Crippen LogP contribution in [-0.4, -0.2) is 52.8 Å². The van der Waals surface area contributed by atoms with Gasteiger partial charge in [0.1, 0.15) is 17.1 Å². The third-order valence-corrected chi connectivity index (χ3v) is 5.57. The van der Waals surface area contributed by atoms with Crippen molar-refractivity contribution in [2.75, 3.05) is 18.7 Å². The standard InChI is InChI=1S/C16H15ClN2O4S/c1-23-16(22)12-10(7-17)8-24-15-11(14(21)19(12)15)18-13(20)9-5-3-2-4-6-9/h2-6,11,15H,7-8H2,1H3,(H,18,20)/t11-,15-/m0/s1. The first-order valence-electron chi connectivity index (χ1n) is 7.25. The lowest BCUT2D eigenvalue weighted by Gasteiger charge is -2.49. The van der Waals surface area contributed by atoms with Gasteiger partial charge in [0.05, 0.1) is 7.11 Å². The van der Waals surface area contributed by atoms with E-state index in [0.717, 1.165) is 0 Å². The van der Waals surface area contributed by atoms with Gasteiger partial charge in [-0.05, 0) is 17.7 Å². The molecule has 2 aliphatic rings. The van der Waals surface area contributed by atoms with Crippen LogP contribution in [0.5, 0.6) is 0 Å². The summed E-state index contributed by atoms with van der Waals surface area (Å²) in [7, 11) is 1.26. The Morgan fingerprint density at radius 2 is 2.08 bits per heavy atom. The molecule has 126 valence electrons. The minimum absolute atomic E-state index is 0.148. The zero-order chi connectivity index (χ0) is 17.3. The molecule has 2 atom stereocenters. The number of hydrogen-bond donors (Lipinski definition) is 1. The normalized spacial score (nSPS) is 22.6. The average molecular weight is 367 g/mol. The van der Waals surface area contributed by atoms with Gasteiger partial charge >= 0.3 is 5.97 Å². The third kappa shape index (κ3) is 2.78. The zero-order valence-electron chi connectivity index (χ0n) is 12.8. The Labute approximate surface area is 148 Å². The lowest BCUT2D eigenvalue weighted by Crippen LogP contribution is -2.70. The molecule has 2 aliphatic heterocycles. The predicted octanol–water partition coefficient (Wildman–Crippen LogP) is 1.37. The van der Waals surface area contributed by atoms with Gasteiger partial charge in [-0.1, -0.05) is 18.2 Å². The van der Waals surface area contributed by atoms with E-state index in [4.69, 9.17) is 16.3 Å². The lowest BCUT2D eigenvalue weighted by molar-refractivity contribution is -0.150. The third-order valence-electron chi connectivity index (χ3n) is 3.91. The van der Waals surface area contributed by atoms with Crippen LogP contribution in [0.1, 0.15) is 10.4 Å². The van der Waals surface area contributed by atoms with Gasteiger partial charge < -0.3 is 10.1 Å². The van der Waals surface area contributed by atoms with E-state index in [1.807, 2.05) is 6.07 Å². The van der Waals surface area contributed by atoms with Gasteiger partial charge in [0.25, 0.3) is 11.8 Å². The van der Waals surface area contributed by atoms with Gasteiger partial charge in [-0.25, -0.2) is 4.79 Å². The Morgan fingerprint density at radius 1 is 1.38 bits per heavy atom. The molecule has 0 spiro atoms. The number of carbonyl (C=O) groups is 3. The minimum atomic E-state index is -0.667. The second-order valence-electron chi connectivity index (χ2n) is 5.30. The summed E-state index contributed by atoms with van der Waals surface area (Å²) < 4.78 is 4.76. The number of alkyl halides is 1. The van der Waals surface area contributed by atoms with Gasteiger partial charge in [0, 0.05) is 17.2 Å². The summed E-state index contributed by atoms with van der Waals surface area (Å²) in [5, 5.41) is 2.41. The molecule has 24 heavy (non-hydrogen) atoms. The second-order valence-corrected chi connectivity index (χ2v) is 6.68. The fourth-order valence-electron chi connectivity index (χ4n) is 2.69. The number of nitrogens with zero attached hydrogens (tertiary/aromatic N) is 1. The molecule has 1 saturated heterocycles. The molecular weight excluding hydrogens is 352 g/mol. The van der Waals surface area contributed by atoms with Crippen molar-refractivity contribution >= 4 is 41.1 Å². The number of thioether (sulfide) groups is 1. The van der Waals surface area contributed by atoms with Crippen molar-refractivity contribution < 1.29 is 19.1 Å². The van der Waals surface area contributed by atoms with Gasteiger partial charge in [0.15, 0.2) is 0 Å². The molecule has 2 heterocycles. The molecule has 1 fully saturated rings. The summed E-state index contributed by atoms with van der Waals surface area (Å²) in [6, 6.07) is 8.00. The van der Waals surface area contributed by atoms with E-state index in [0.29, 0.717) is 16.9 Å². The van der Waals surface area contributed by atoms with Crippen LogP contribution in [-0.2, 0) is 14.3 Å². The van der Waals surface area contributed by atoms with E-state index >= 15 is 0 Å². The maximum absolute atomic E-state index is 12.5. The highest BCUT2D eigenvalue weighted by Crippen LogP contribution is 2.40. The Kier molecular flexibility index (Phi) is 4.82. The van der Waals surface area contributed by atoms with Gasteiger partial charge in [-0.15, -0.1) is 23.4 Å². The second kappa shape index (κ2) is 6.86.